The smallest absolute Gasteiger partial charge is 0.258 e. The van der Waals surface area contributed by atoms with Crippen LogP contribution in [-0.4, -0.2) is 19.6 Å². The second-order valence-corrected chi connectivity index (χ2v) is 5.93. The lowest BCUT2D eigenvalue weighted by Gasteiger charge is -2.13. The molecule has 0 atom stereocenters. The summed E-state index contributed by atoms with van der Waals surface area (Å²) in [6, 6.07) is 13.6. The first-order valence-electron chi connectivity index (χ1n) is 7.12. The Morgan fingerprint density at radius 1 is 1.23 bits per heavy atom. The van der Waals surface area contributed by atoms with Gasteiger partial charge < -0.3 is 9.64 Å². The molecule has 1 heterocycles. The highest BCUT2D eigenvalue weighted by Gasteiger charge is 2.30. The maximum Gasteiger partial charge on any atom is 0.258 e. The van der Waals surface area contributed by atoms with Crippen molar-refractivity contribution in [2.24, 2.45) is 0 Å². The molecular weight excluding hydrogens is 342 g/mol. The maximum absolute atomic E-state index is 12.7. The minimum absolute atomic E-state index is 0.0331. The van der Waals surface area contributed by atoms with Crippen LogP contribution >= 0.6 is 15.9 Å². The van der Waals surface area contributed by atoms with E-state index in [4.69, 9.17) is 4.74 Å². The predicted molar refractivity (Wildman–Crippen MR) is 93.0 cm³/mol. The van der Waals surface area contributed by atoms with Crippen LogP contribution in [0.1, 0.15) is 18.1 Å². The van der Waals surface area contributed by atoms with Gasteiger partial charge in [-0.1, -0.05) is 34.1 Å². The van der Waals surface area contributed by atoms with Gasteiger partial charge in [-0.3, -0.25) is 4.79 Å². The van der Waals surface area contributed by atoms with Crippen LogP contribution in [0.15, 0.2) is 46.9 Å². The van der Waals surface area contributed by atoms with Crippen LogP contribution in [0, 0.1) is 0 Å². The lowest BCUT2D eigenvalue weighted by atomic mass is 10.0. The van der Waals surface area contributed by atoms with Crippen molar-refractivity contribution in [3.8, 4) is 5.75 Å². The van der Waals surface area contributed by atoms with Crippen molar-refractivity contribution < 1.29 is 9.53 Å². The van der Waals surface area contributed by atoms with Gasteiger partial charge in [0.15, 0.2) is 0 Å². The molecule has 3 rings (SSSR count). The monoisotopic (exact) mass is 357 g/mol. The number of halogens is 1. The molecule has 4 heteroatoms. The highest BCUT2D eigenvalue weighted by Crippen LogP contribution is 2.38. The number of para-hydroxylation sites is 1. The number of nitrogens with zero attached hydrogens (tertiary/aromatic N) is 1. The topological polar surface area (TPSA) is 29.5 Å². The Bertz CT molecular complexity index is 767. The van der Waals surface area contributed by atoms with Gasteiger partial charge in [0.1, 0.15) is 5.75 Å². The fourth-order valence-electron chi connectivity index (χ4n) is 2.73. The summed E-state index contributed by atoms with van der Waals surface area (Å²) >= 11 is 3.47. The summed E-state index contributed by atoms with van der Waals surface area (Å²) in [7, 11) is 1.63. The number of methoxy groups -OCH3 is 1. The van der Waals surface area contributed by atoms with E-state index in [2.05, 4.69) is 15.9 Å². The summed E-state index contributed by atoms with van der Waals surface area (Å²) in [4.78, 5) is 14.5. The van der Waals surface area contributed by atoms with E-state index in [1.807, 2.05) is 55.5 Å². The molecular formula is C18H16BrNO2. The molecule has 0 N–H and O–H groups in total. The standard InChI is InChI=1S/C18H16BrNO2/c1-3-20-16-7-5-4-6-14(16)15(18(20)21)11-12-10-13(19)8-9-17(12)22-2/h4-11H,3H2,1-2H3/b15-11-. The number of hydrogen-bond acceptors (Lipinski definition) is 2. The van der Waals surface area contributed by atoms with Crippen LogP contribution in [0.3, 0.4) is 0 Å². The summed E-state index contributed by atoms with van der Waals surface area (Å²) in [6.07, 6.45) is 1.90. The van der Waals surface area contributed by atoms with Crippen LogP contribution < -0.4 is 9.64 Å². The first-order chi connectivity index (χ1) is 10.7. The third kappa shape index (κ3) is 2.44. The number of carbonyl (C=O) groups is 1. The van der Waals surface area contributed by atoms with Crippen molar-refractivity contribution in [3.63, 3.8) is 0 Å². The molecule has 0 bridgehead atoms. The van der Waals surface area contributed by atoms with Gasteiger partial charge in [0.05, 0.1) is 12.8 Å². The van der Waals surface area contributed by atoms with E-state index in [9.17, 15) is 4.79 Å². The quantitative estimate of drug-likeness (QED) is 0.763. The zero-order valence-corrected chi connectivity index (χ0v) is 14.1. The van der Waals surface area contributed by atoms with Gasteiger partial charge in [-0.2, -0.15) is 0 Å². The molecule has 0 unspecified atom stereocenters. The average molecular weight is 358 g/mol. The predicted octanol–water partition coefficient (Wildman–Crippen LogP) is 4.36. The van der Waals surface area contributed by atoms with E-state index in [-0.39, 0.29) is 5.91 Å². The van der Waals surface area contributed by atoms with Gasteiger partial charge in [0.25, 0.3) is 5.91 Å². The van der Waals surface area contributed by atoms with E-state index >= 15 is 0 Å². The molecule has 22 heavy (non-hydrogen) atoms. The van der Waals surface area contributed by atoms with Crippen molar-refractivity contribution in [2.45, 2.75) is 6.92 Å². The summed E-state index contributed by atoms with van der Waals surface area (Å²) in [5.74, 6) is 0.779. The molecule has 0 aliphatic carbocycles. The zero-order chi connectivity index (χ0) is 15.7. The van der Waals surface area contributed by atoms with Crippen molar-refractivity contribution in [3.05, 3.63) is 58.1 Å². The molecule has 3 nitrogen and oxygen atoms in total. The fourth-order valence-corrected chi connectivity index (χ4v) is 3.11. The number of anilines is 1. The number of amides is 1. The summed E-state index contributed by atoms with van der Waals surface area (Å²) < 4.78 is 6.35. The van der Waals surface area contributed by atoms with E-state index in [0.717, 1.165) is 27.0 Å². The number of carbonyl (C=O) groups excluding carboxylic acids is 1. The van der Waals surface area contributed by atoms with Crippen molar-refractivity contribution in [1.29, 1.82) is 0 Å². The molecule has 0 fully saturated rings. The van der Waals surface area contributed by atoms with Crippen LogP contribution in [0.4, 0.5) is 5.69 Å². The Kier molecular flexibility index (Phi) is 4.03. The first kappa shape index (κ1) is 14.9. The fraction of sp³-hybridized carbons (Fsp3) is 0.167. The van der Waals surface area contributed by atoms with E-state index in [1.165, 1.54) is 0 Å². The third-order valence-electron chi connectivity index (χ3n) is 3.77. The molecule has 1 aliphatic heterocycles. The maximum atomic E-state index is 12.7. The van der Waals surface area contributed by atoms with Gasteiger partial charge in [0, 0.05) is 27.7 Å². The normalized spacial score (nSPS) is 15.3. The SMILES string of the molecule is CCN1C(=O)/C(=C\c2cc(Br)ccc2OC)c2ccccc21. The van der Waals surface area contributed by atoms with E-state index in [1.54, 1.807) is 12.0 Å². The lowest BCUT2D eigenvalue weighted by Crippen LogP contribution is -2.25. The van der Waals surface area contributed by atoms with Crippen molar-refractivity contribution >= 4 is 39.2 Å². The van der Waals surface area contributed by atoms with Crippen LogP contribution in [-0.2, 0) is 4.79 Å². The first-order valence-corrected chi connectivity index (χ1v) is 7.91. The minimum Gasteiger partial charge on any atom is -0.496 e. The second-order valence-electron chi connectivity index (χ2n) is 5.01. The van der Waals surface area contributed by atoms with Gasteiger partial charge in [-0.05, 0) is 37.3 Å². The molecule has 0 aromatic heterocycles. The Morgan fingerprint density at radius 3 is 2.73 bits per heavy atom. The average Bonchev–Trinajstić information content (AvgIpc) is 2.80. The van der Waals surface area contributed by atoms with Gasteiger partial charge in [-0.25, -0.2) is 0 Å². The highest BCUT2D eigenvalue weighted by molar-refractivity contribution is 9.10. The molecule has 1 aliphatic rings. The molecule has 0 radical (unpaired) electrons. The van der Waals surface area contributed by atoms with Crippen molar-refractivity contribution in [2.75, 3.05) is 18.6 Å². The molecule has 2 aromatic rings. The van der Waals surface area contributed by atoms with E-state index < -0.39 is 0 Å². The van der Waals surface area contributed by atoms with Crippen LogP contribution in [0.2, 0.25) is 0 Å². The van der Waals surface area contributed by atoms with E-state index in [0.29, 0.717) is 12.1 Å². The molecule has 0 saturated carbocycles. The lowest BCUT2D eigenvalue weighted by molar-refractivity contribution is -0.112. The number of likely N-dealkylation sites (N-methyl/N-ethyl adjacent to an activating group) is 1. The number of hydrogen-bond donors (Lipinski definition) is 0. The minimum atomic E-state index is 0.0331. The van der Waals surface area contributed by atoms with Crippen molar-refractivity contribution in [1.82, 2.24) is 0 Å². The third-order valence-corrected chi connectivity index (χ3v) is 4.26. The molecule has 0 saturated heterocycles. The Morgan fingerprint density at radius 2 is 2.00 bits per heavy atom. The number of fused-ring (bicyclic) bond motifs is 1. The summed E-state index contributed by atoms with van der Waals surface area (Å²) in [6.45, 7) is 2.64. The summed E-state index contributed by atoms with van der Waals surface area (Å²) in [5.41, 5.74) is 3.52. The largest absolute Gasteiger partial charge is 0.496 e. The highest BCUT2D eigenvalue weighted by atomic mass is 79.9. The molecule has 2 aromatic carbocycles. The Labute approximate surface area is 138 Å². The number of benzene rings is 2. The second kappa shape index (κ2) is 5.97. The van der Waals surface area contributed by atoms with Gasteiger partial charge in [0.2, 0.25) is 0 Å². The Hall–Kier alpha value is -2.07. The number of rotatable bonds is 3. The molecule has 1 amide bonds. The van der Waals surface area contributed by atoms with Gasteiger partial charge >= 0.3 is 0 Å². The van der Waals surface area contributed by atoms with Crippen LogP contribution in [0.5, 0.6) is 5.75 Å². The Balaban J connectivity index is 2.16. The number of ether oxygens (including phenoxy) is 1. The van der Waals surface area contributed by atoms with Gasteiger partial charge in [-0.15, -0.1) is 0 Å². The zero-order valence-electron chi connectivity index (χ0n) is 12.5. The molecule has 112 valence electrons. The van der Waals surface area contributed by atoms with Crippen LogP contribution in [0.25, 0.3) is 11.6 Å². The molecule has 0 spiro atoms. The summed E-state index contributed by atoms with van der Waals surface area (Å²) in [5, 5.41) is 0.